The third-order valence-electron chi connectivity index (χ3n) is 3.22. The summed E-state index contributed by atoms with van der Waals surface area (Å²) in [6.45, 7) is 9.12. The van der Waals surface area contributed by atoms with Gasteiger partial charge in [0.25, 0.3) is 5.56 Å². The second-order valence-corrected chi connectivity index (χ2v) is 5.03. The first-order valence-electron chi connectivity index (χ1n) is 6.28. The monoisotopic (exact) mass is 235 g/mol. The van der Waals surface area contributed by atoms with Crippen LogP contribution in [-0.2, 0) is 0 Å². The molecule has 1 aromatic rings. The van der Waals surface area contributed by atoms with Gasteiger partial charge in [0.1, 0.15) is 0 Å². The number of pyridine rings is 1. The SMILES string of the molecule is CC(C)n1ccc(N2CCN[C@H](C)C2)cc1=O. The second-order valence-electron chi connectivity index (χ2n) is 5.03. The summed E-state index contributed by atoms with van der Waals surface area (Å²) in [4.78, 5) is 14.2. The maximum Gasteiger partial charge on any atom is 0.252 e. The number of nitrogens with one attached hydrogen (secondary N) is 1. The van der Waals surface area contributed by atoms with Crippen LogP contribution in [0.15, 0.2) is 23.1 Å². The Morgan fingerprint density at radius 2 is 2.24 bits per heavy atom. The van der Waals surface area contributed by atoms with Gasteiger partial charge in [0.05, 0.1) is 0 Å². The van der Waals surface area contributed by atoms with Crippen molar-refractivity contribution in [3.63, 3.8) is 0 Å². The van der Waals surface area contributed by atoms with Crippen molar-refractivity contribution in [2.75, 3.05) is 24.5 Å². The van der Waals surface area contributed by atoms with Crippen molar-refractivity contribution in [1.82, 2.24) is 9.88 Å². The van der Waals surface area contributed by atoms with Crippen molar-refractivity contribution in [3.8, 4) is 0 Å². The van der Waals surface area contributed by atoms with Crippen LogP contribution >= 0.6 is 0 Å². The van der Waals surface area contributed by atoms with Gasteiger partial charge in [-0.1, -0.05) is 0 Å². The number of nitrogens with zero attached hydrogens (tertiary/aromatic N) is 2. The Balaban J connectivity index is 2.22. The van der Waals surface area contributed by atoms with Crippen LogP contribution in [-0.4, -0.2) is 30.2 Å². The number of aromatic nitrogens is 1. The summed E-state index contributed by atoms with van der Waals surface area (Å²) in [5, 5.41) is 3.40. The molecule has 0 spiro atoms. The predicted molar refractivity (Wildman–Crippen MR) is 70.8 cm³/mol. The molecular weight excluding hydrogens is 214 g/mol. The molecule has 1 N–H and O–H groups in total. The molecule has 17 heavy (non-hydrogen) atoms. The van der Waals surface area contributed by atoms with Crippen LogP contribution in [0.2, 0.25) is 0 Å². The topological polar surface area (TPSA) is 37.3 Å². The van der Waals surface area contributed by atoms with Crippen molar-refractivity contribution in [2.45, 2.75) is 32.9 Å². The third-order valence-corrected chi connectivity index (χ3v) is 3.22. The highest BCUT2D eigenvalue weighted by atomic mass is 16.1. The van der Waals surface area contributed by atoms with E-state index < -0.39 is 0 Å². The lowest BCUT2D eigenvalue weighted by molar-refractivity contribution is 0.484. The van der Waals surface area contributed by atoms with Crippen LogP contribution in [0.5, 0.6) is 0 Å². The predicted octanol–water partition coefficient (Wildman–Crippen LogP) is 1.23. The average Bonchev–Trinajstić information content (AvgIpc) is 2.28. The molecule has 2 heterocycles. The number of hydrogen-bond acceptors (Lipinski definition) is 3. The van der Waals surface area contributed by atoms with Crippen molar-refractivity contribution < 1.29 is 0 Å². The lowest BCUT2D eigenvalue weighted by Crippen LogP contribution is -2.49. The summed E-state index contributed by atoms with van der Waals surface area (Å²) in [5.74, 6) is 0. The van der Waals surface area contributed by atoms with E-state index in [4.69, 9.17) is 0 Å². The van der Waals surface area contributed by atoms with E-state index >= 15 is 0 Å². The third kappa shape index (κ3) is 2.69. The largest absolute Gasteiger partial charge is 0.369 e. The highest BCUT2D eigenvalue weighted by Gasteiger charge is 2.16. The van der Waals surface area contributed by atoms with Crippen LogP contribution in [0.25, 0.3) is 0 Å². The van der Waals surface area contributed by atoms with Crippen LogP contribution in [0, 0.1) is 0 Å². The quantitative estimate of drug-likeness (QED) is 0.837. The zero-order valence-corrected chi connectivity index (χ0v) is 10.8. The van der Waals surface area contributed by atoms with E-state index in [2.05, 4.69) is 17.1 Å². The van der Waals surface area contributed by atoms with Gasteiger partial charge in [0, 0.05) is 49.7 Å². The standard InChI is InChI=1S/C13H21N3O/c1-10(2)16-6-4-12(8-13(16)17)15-7-5-14-11(3)9-15/h4,6,8,10-11,14H,5,7,9H2,1-3H3/t11-/m1/s1. The first-order chi connectivity index (χ1) is 8.08. The molecule has 4 nitrogen and oxygen atoms in total. The highest BCUT2D eigenvalue weighted by Crippen LogP contribution is 2.14. The summed E-state index contributed by atoms with van der Waals surface area (Å²) in [6, 6.07) is 4.49. The van der Waals surface area contributed by atoms with Gasteiger partial charge in [0.2, 0.25) is 0 Å². The summed E-state index contributed by atoms with van der Waals surface area (Å²) < 4.78 is 1.76. The molecule has 0 bridgehead atoms. The van der Waals surface area contributed by atoms with Gasteiger partial charge >= 0.3 is 0 Å². The molecule has 1 aliphatic rings. The van der Waals surface area contributed by atoms with Crippen molar-refractivity contribution in [3.05, 3.63) is 28.7 Å². The fourth-order valence-corrected chi connectivity index (χ4v) is 2.27. The van der Waals surface area contributed by atoms with E-state index in [1.54, 1.807) is 10.6 Å². The Morgan fingerprint density at radius 1 is 1.47 bits per heavy atom. The van der Waals surface area contributed by atoms with Crippen LogP contribution in [0.1, 0.15) is 26.8 Å². The average molecular weight is 235 g/mol. The molecule has 0 amide bonds. The van der Waals surface area contributed by atoms with Gasteiger partial charge < -0.3 is 14.8 Å². The Labute approximate surface area is 102 Å². The van der Waals surface area contributed by atoms with E-state index in [0.29, 0.717) is 6.04 Å². The zero-order chi connectivity index (χ0) is 12.4. The van der Waals surface area contributed by atoms with E-state index in [0.717, 1.165) is 25.3 Å². The summed E-state index contributed by atoms with van der Waals surface area (Å²) in [6.07, 6.45) is 1.90. The lowest BCUT2D eigenvalue weighted by Gasteiger charge is -2.33. The van der Waals surface area contributed by atoms with Crippen molar-refractivity contribution in [1.29, 1.82) is 0 Å². The zero-order valence-electron chi connectivity index (χ0n) is 10.8. The number of hydrogen-bond donors (Lipinski definition) is 1. The molecule has 0 aromatic carbocycles. The molecule has 94 valence electrons. The maximum atomic E-state index is 11.9. The van der Waals surface area contributed by atoms with Crippen molar-refractivity contribution >= 4 is 5.69 Å². The molecule has 0 saturated carbocycles. The second kappa shape index (κ2) is 4.92. The minimum Gasteiger partial charge on any atom is -0.369 e. The summed E-state index contributed by atoms with van der Waals surface area (Å²) in [7, 11) is 0. The molecule has 1 saturated heterocycles. The van der Waals surface area contributed by atoms with Crippen molar-refractivity contribution in [2.24, 2.45) is 0 Å². The molecule has 1 aliphatic heterocycles. The fourth-order valence-electron chi connectivity index (χ4n) is 2.27. The van der Waals surface area contributed by atoms with Gasteiger partial charge in [-0.25, -0.2) is 0 Å². The lowest BCUT2D eigenvalue weighted by atomic mass is 10.2. The first-order valence-corrected chi connectivity index (χ1v) is 6.28. The van der Waals surface area contributed by atoms with Gasteiger partial charge in [-0.15, -0.1) is 0 Å². The molecule has 0 unspecified atom stereocenters. The molecule has 0 aliphatic carbocycles. The maximum absolute atomic E-state index is 11.9. The van der Waals surface area contributed by atoms with Gasteiger partial charge in [-0.2, -0.15) is 0 Å². The normalized spacial score (nSPS) is 20.9. The summed E-state index contributed by atoms with van der Waals surface area (Å²) in [5.41, 5.74) is 1.13. The molecule has 1 fully saturated rings. The Hall–Kier alpha value is -1.29. The van der Waals surface area contributed by atoms with Gasteiger partial charge in [-0.05, 0) is 26.8 Å². The molecule has 1 aromatic heterocycles. The van der Waals surface area contributed by atoms with Crippen LogP contribution in [0.4, 0.5) is 5.69 Å². The Morgan fingerprint density at radius 3 is 2.82 bits per heavy atom. The van der Waals surface area contributed by atoms with E-state index in [9.17, 15) is 4.79 Å². The summed E-state index contributed by atoms with van der Waals surface area (Å²) >= 11 is 0. The van der Waals surface area contributed by atoms with Crippen LogP contribution < -0.4 is 15.8 Å². The number of rotatable bonds is 2. The van der Waals surface area contributed by atoms with E-state index in [-0.39, 0.29) is 11.6 Å². The first kappa shape index (κ1) is 12.2. The van der Waals surface area contributed by atoms with E-state index in [1.165, 1.54) is 0 Å². The fraction of sp³-hybridized carbons (Fsp3) is 0.615. The Bertz CT molecular complexity index is 439. The minimum atomic E-state index is 0.0867. The molecule has 2 rings (SSSR count). The minimum absolute atomic E-state index is 0.0867. The van der Waals surface area contributed by atoms with E-state index in [1.807, 2.05) is 26.1 Å². The molecule has 1 atom stereocenters. The molecular formula is C13H21N3O. The van der Waals surface area contributed by atoms with Gasteiger partial charge in [-0.3, -0.25) is 4.79 Å². The highest BCUT2D eigenvalue weighted by molar-refractivity contribution is 5.45. The van der Waals surface area contributed by atoms with Gasteiger partial charge in [0.15, 0.2) is 0 Å². The Kier molecular flexibility index (Phi) is 3.52. The number of piperazine rings is 1. The molecule has 0 radical (unpaired) electrons. The smallest absolute Gasteiger partial charge is 0.252 e. The van der Waals surface area contributed by atoms with Crippen LogP contribution in [0.3, 0.4) is 0 Å². The molecule has 4 heteroatoms. The number of anilines is 1.